The molecule has 0 spiro atoms. The number of carboxylic acid groups (broad SMARTS) is 2. The second-order valence-corrected chi connectivity index (χ2v) is 7.50. The minimum absolute atomic E-state index is 0.887. The third-order valence-electron chi connectivity index (χ3n) is 5.41. The van der Waals surface area contributed by atoms with E-state index in [4.69, 9.17) is 24.5 Å². The fraction of sp³-hybridized carbons (Fsp3) is 0.231. The van der Waals surface area contributed by atoms with E-state index in [1.165, 1.54) is 32.9 Å². The standard InChI is InChI=1S/C24H26N2O.C2H2O4/c1-3-26-23-7-5-4-6-21(23)22-16-19(10-13-24(22)26)17-25-15-14-18-8-11-20(27-2)12-9-18;3-1(4)2(5)6/h4-13,16,25H,3,14-15,17H2,1-2H3;(H,3,4)(H,5,6). The Bertz CT molecular complexity index is 1230. The van der Waals surface area contributed by atoms with Crippen LogP contribution in [0.4, 0.5) is 0 Å². The van der Waals surface area contributed by atoms with Crippen LogP contribution in [0.5, 0.6) is 5.75 Å². The molecule has 0 saturated carbocycles. The Labute approximate surface area is 192 Å². The van der Waals surface area contributed by atoms with E-state index in [2.05, 4.69) is 71.4 Å². The van der Waals surface area contributed by atoms with Gasteiger partial charge < -0.3 is 24.8 Å². The van der Waals surface area contributed by atoms with Gasteiger partial charge in [0.05, 0.1) is 7.11 Å². The van der Waals surface area contributed by atoms with E-state index in [1.807, 2.05) is 12.1 Å². The number of nitrogens with zero attached hydrogens (tertiary/aromatic N) is 1. The number of carboxylic acids is 2. The summed E-state index contributed by atoms with van der Waals surface area (Å²) < 4.78 is 7.61. The zero-order chi connectivity index (χ0) is 23.8. The van der Waals surface area contributed by atoms with E-state index in [0.717, 1.165) is 31.8 Å². The van der Waals surface area contributed by atoms with Gasteiger partial charge in [-0.1, -0.05) is 36.4 Å². The number of aromatic nitrogens is 1. The Morgan fingerprint density at radius 1 is 0.879 bits per heavy atom. The van der Waals surface area contributed by atoms with E-state index < -0.39 is 11.9 Å². The smallest absolute Gasteiger partial charge is 0.414 e. The molecular formula is C26H28N2O5. The zero-order valence-electron chi connectivity index (χ0n) is 18.7. The molecule has 0 aliphatic rings. The molecule has 0 aliphatic heterocycles. The maximum Gasteiger partial charge on any atom is 0.414 e. The van der Waals surface area contributed by atoms with Crippen molar-refractivity contribution < 1.29 is 24.5 Å². The van der Waals surface area contributed by atoms with Gasteiger partial charge in [-0.15, -0.1) is 0 Å². The molecule has 7 heteroatoms. The number of ether oxygens (including phenoxy) is 1. The summed E-state index contributed by atoms with van der Waals surface area (Å²) in [4.78, 5) is 18.2. The maximum absolute atomic E-state index is 9.10. The van der Waals surface area contributed by atoms with Crippen LogP contribution in [-0.4, -0.2) is 40.4 Å². The Balaban J connectivity index is 0.000000454. The van der Waals surface area contributed by atoms with Gasteiger partial charge in [-0.05, 0) is 61.3 Å². The number of aryl methyl sites for hydroxylation is 1. The number of hydrogen-bond donors (Lipinski definition) is 3. The summed E-state index contributed by atoms with van der Waals surface area (Å²) in [6.07, 6.45) is 1.02. The maximum atomic E-state index is 9.10. The van der Waals surface area contributed by atoms with Crippen molar-refractivity contribution in [1.82, 2.24) is 9.88 Å². The molecule has 4 aromatic rings. The van der Waals surface area contributed by atoms with Crippen molar-refractivity contribution in [2.45, 2.75) is 26.4 Å². The molecule has 0 aliphatic carbocycles. The van der Waals surface area contributed by atoms with Gasteiger partial charge >= 0.3 is 11.9 Å². The van der Waals surface area contributed by atoms with Crippen molar-refractivity contribution in [1.29, 1.82) is 0 Å². The molecule has 0 atom stereocenters. The minimum atomic E-state index is -1.82. The molecule has 33 heavy (non-hydrogen) atoms. The molecule has 172 valence electrons. The number of rotatable bonds is 7. The fourth-order valence-electron chi connectivity index (χ4n) is 3.81. The number of fused-ring (bicyclic) bond motifs is 3. The Kier molecular flexibility index (Phi) is 8.05. The third-order valence-corrected chi connectivity index (χ3v) is 5.41. The second kappa shape index (κ2) is 11.2. The van der Waals surface area contributed by atoms with Gasteiger partial charge in [0, 0.05) is 34.9 Å². The molecule has 0 amide bonds. The van der Waals surface area contributed by atoms with Crippen LogP contribution in [0.3, 0.4) is 0 Å². The van der Waals surface area contributed by atoms with E-state index in [1.54, 1.807) is 7.11 Å². The predicted octanol–water partition coefficient (Wildman–Crippen LogP) is 4.31. The van der Waals surface area contributed by atoms with Gasteiger partial charge in [-0.25, -0.2) is 9.59 Å². The van der Waals surface area contributed by atoms with E-state index in [0.29, 0.717) is 0 Å². The van der Waals surface area contributed by atoms with Crippen molar-refractivity contribution >= 4 is 33.7 Å². The number of para-hydroxylation sites is 1. The third kappa shape index (κ3) is 5.90. The summed E-state index contributed by atoms with van der Waals surface area (Å²) in [6, 6.07) is 23.8. The molecule has 0 saturated heterocycles. The largest absolute Gasteiger partial charge is 0.497 e. The van der Waals surface area contributed by atoms with Crippen LogP contribution in [0.25, 0.3) is 21.8 Å². The van der Waals surface area contributed by atoms with Gasteiger partial charge in [-0.3, -0.25) is 0 Å². The lowest BCUT2D eigenvalue weighted by Gasteiger charge is -2.07. The summed E-state index contributed by atoms with van der Waals surface area (Å²) in [6.45, 7) is 5.04. The van der Waals surface area contributed by atoms with Crippen LogP contribution in [0, 0.1) is 0 Å². The molecule has 0 fully saturated rings. The molecule has 0 unspecified atom stereocenters. The zero-order valence-corrected chi connectivity index (χ0v) is 18.7. The highest BCUT2D eigenvalue weighted by molar-refractivity contribution is 6.27. The van der Waals surface area contributed by atoms with Crippen LogP contribution in [0.2, 0.25) is 0 Å². The summed E-state index contributed by atoms with van der Waals surface area (Å²) in [5.74, 6) is -2.74. The van der Waals surface area contributed by atoms with Crippen LogP contribution < -0.4 is 10.1 Å². The molecule has 0 radical (unpaired) electrons. The number of aliphatic carboxylic acids is 2. The van der Waals surface area contributed by atoms with Crippen LogP contribution >= 0.6 is 0 Å². The second-order valence-electron chi connectivity index (χ2n) is 7.50. The summed E-state index contributed by atoms with van der Waals surface area (Å²) in [5.41, 5.74) is 5.29. The van der Waals surface area contributed by atoms with Gasteiger partial charge in [0.2, 0.25) is 0 Å². The number of benzene rings is 3. The Hall–Kier alpha value is -3.84. The van der Waals surface area contributed by atoms with Crippen LogP contribution in [0.15, 0.2) is 66.7 Å². The average molecular weight is 449 g/mol. The highest BCUT2D eigenvalue weighted by Crippen LogP contribution is 2.29. The number of carbonyl (C=O) groups is 2. The number of hydrogen-bond acceptors (Lipinski definition) is 4. The summed E-state index contributed by atoms with van der Waals surface area (Å²) in [5, 5.41) is 21.0. The summed E-state index contributed by atoms with van der Waals surface area (Å²) in [7, 11) is 1.70. The first kappa shape index (κ1) is 23.8. The van der Waals surface area contributed by atoms with Crippen molar-refractivity contribution in [3.8, 4) is 5.75 Å². The molecule has 3 aromatic carbocycles. The number of nitrogens with one attached hydrogen (secondary N) is 1. The Morgan fingerprint density at radius 2 is 1.52 bits per heavy atom. The first-order chi connectivity index (χ1) is 15.9. The average Bonchev–Trinajstić information content (AvgIpc) is 3.15. The molecule has 7 nitrogen and oxygen atoms in total. The SMILES string of the molecule is CCn1c2ccccc2c2cc(CNCCc3ccc(OC)cc3)ccc21.O=C(O)C(=O)O. The quantitative estimate of drug-likeness (QED) is 0.288. The molecule has 1 heterocycles. The molecule has 1 aromatic heterocycles. The van der Waals surface area contributed by atoms with Crippen molar-refractivity contribution in [3.05, 3.63) is 77.9 Å². The summed E-state index contributed by atoms with van der Waals surface area (Å²) >= 11 is 0. The highest BCUT2D eigenvalue weighted by atomic mass is 16.5. The van der Waals surface area contributed by atoms with Gasteiger partial charge in [0.15, 0.2) is 0 Å². The first-order valence-electron chi connectivity index (χ1n) is 10.7. The Morgan fingerprint density at radius 3 is 2.15 bits per heavy atom. The van der Waals surface area contributed by atoms with Crippen LogP contribution in [0.1, 0.15) is 18.1 Å². The van der Waals surface area contributed by atoms with Gasteiger partial charge in [0.1, 0.15) is 5.75 Å². The normalized spacial score (nSPS) is 10.6. The van der Waals surface area contributed by atoms with Gasteiger partial charge in [0.25, 0.3) is 0 Å². The lowest BCUT2D eigenvalue weighted by atomic mass is 10.1. The molecular weight excluding hydrogens is 420 g/mol. The molecule has 3 N–H and O–H groups in total. The molecule has 0 bridgehead atoms. The highest BCUT2D eigenvalue weighted by Gasteiger charge is 2.09. The van der Waals surface area contributed by atoms with Crippen LogP contribution in [-0.2, 0) is 29.1 Å². The fourth-order valence-corrected chi connectivity index (χ4v) is 3.81. The number of methoxy groups -OCH3 is 1. The topological polar surface area (TPSA) is 101 Å². The van der Waals surface area contributed by atoms with E-state index >= 15 is 0 Å². The first-order valence-corrected chi connectivity index (χ1v) is 10.7. The molecule has 4 rings (SSSR count). The van der Waals surface area contributed by atoms with E-state index in [9.17, 15) is 0 Å². The van der Waals surface area contributed by atoms with E-state index in [-0.39, 0.29) is 0 Å². The van der Waals surface area contributed by atoms with Crippen molar-refractivity contribution in [2.75, 3.05) is 13.7 Å². The predicted molar refractivity (Wildman–Crippen MR) is 129 cm³/mol. The monoisotopic (exact) mass is 448 g/mol. The lowest BCUT2D eigenvalue weighted by Crippen LogP contribution is -2.16. The van der Waals surface area contributed by atoms with Gasteiger partial charge in [-0.2, -0.15) is 0 Å². The lowest BCUT2D eigenvalue weighted by molar-refractivity contribution is -0.159. The minimum Gasteiger partial charge on any atom is -0.497 e. The van der Waals surface area contributed by atoms with Crippen molar-refractivity contribution in [2.24, 2.45) is 0 Å². The van der Waals surface area contributed by atoms with Crippen molar-refractivity contribution in [3.63, 3.8) is 0 Å².